The molecule has 0 aromatic heterocycles. The van der Waals surface area contributed by atoms with Gasteiger partial charge in [0, 0.05) is 6.54 Å². The van der Waals surface area contributed by atoms with E-state index in [1.54, 1.807) is 6.92 Å². The van der Waals surface area contributed by atoms with Crippen molar-refractivity contribution in [1.82, 2.24) is 15.5 Å². The second-order valence-corrected chi connectivity index (χ2v) is 4.68. The highest BCUT2D eigenvalue weighted by atomic mass is 16.5. The Bertz CT molecular complexity index is 278. The number of amides is 2. The Morgan fingerprint density at radius 2 is 2.28 bits per heavy atom. The molecule has 1 saturated heterocycles. The summed E-state index contributed by atoms with van der Waals surface area (Å²) in [6.07, 6.45) is 1.71. The molecule has 1 fully saturated rings. The van der Waals surface area contributed by atoms with Gasteiger partial charge in [0.25, 0.3) is 0 Å². The van der Waals surface area contributed by atoms with E-state index in [2.05, 4.69) is 15.4 Å². The molecule has 1 aliphatic heterocycles. The van der Waals surface area contributed by atoms with Crippen LogP contribution in [0.4, 0.5) is 4.79 Å². The Morgan fingerprint density at radius 1 is 1.50 bits per heavy atom. The predicted octanol–water partition coefficient (Wildman–Crippen LogP) is 0.191. The minimum atomic E-state index is -0.671. The SMILES string of the molecule is CCOC(=O)NC(=O)CN(C)CC1CCCNC1. The van der Waals surface area contributed by atoms with Gasteiger partial charge in [-0.05, 0) is 45.8 Å². The highest BCUT2D eigenvalue weighted by molar-refractivity contribution is 5.92. The summed E-state index contributed by atoms with van der Waals surface area (Å²) in [6.45, 7) is 5.14. The lowest BCUT2D eigenvalue weighted by Gasteiger charge is -2.27. The summed E-state index contributed by atoms with van der Waals surface area (Å²) in [7, 11) is 1.89. The first-order valence-electron chi connectivity index (χ1n) is 6.47. The van der Waals surface area contributed by atoms with Gasteiger partial charge in [-0.2, -0.15) is 0 Å². The van der Waals surface area contributed by atoms with Crippen LogP contribution in [0.15, 0.2) is 0 Å². The first-order chi connectivity index (χ1) is 8.61. The van der Waals surface area contributed by atoms with Gasteiger partial charge < -0.3 is 10.1 Å². The molecular weight excluding hydrogens is 234 g/mol. The standard InChI is InChI=1S/C12H23N3O3/c1-3-18-12(17)14-11(16)9-15(2)8-10-5-4-6-13-7-10/h10,13H,3-9H2,1-2H3,(H,14,16,17). The van der Waals surface area contributed by atoms with Gasteiger partial charge in [0.05, 0.1) is 13.2 Å². The van der Waals surface area contributed by atoms with Crippen LogP contribution in [0.2, 0.25) is 0 Å². The number of imide groups is 1. The third kappa shape index (κ3) is 5.97. The van der Waals surface area contributed by atoms with Crippen LogP contribution in [-0.2, 0) is 9.53 Å². The van der Waals surface area contributed by atoms with Gasteiger partial charge in [0.2, 0.25) is 5.91 Å². The predicted molar refractivity (Wildman–Crippen MR) is 68.3 cm³/mol. The van der Waals surface area contributed by atoms with Crippen LogP contribution in [0.1, 0.15) is 19.8 Å². The maximum atomic E-state index is 11.5. The van der Waals surface area contributed by atoms with E-state index in [1.165, 1.54) is 12.8 Å². The van der Waals surface area contributed by atoms with Gasteiger partial charge in [0.1, 0.15) is 0 Å². The lowest BCUT2D eigenvalue weighted by Crippen LogP contribution is -2.42. The number of nitrogens with one attached hydrogen (secondary N) is 2. The third-order valence-corrected chi connectivity index (χ3v) is 2.90. The molecule has 0 bridgehead atoms. The van der Waals surface area contributed by atoms with Gasteiger partial charge in [-0.1, -0.05) is 0 Å². The Labute approximate surface area is 108 Å². The topological polar surface area (TPSA) is 70.7 Å². The molecule has 1 aliphatic rings. The van der Waals surface area contributed by atoms with Crippen molar-refractivity contribution in [3.8, 4) is 0 Å². The zero-order chi connectivity index (χ0) is 13.4. The highest BCUT2D eigenvalue weighted by Gasteiger charge is 2.17. The van der Waals surface area contributed by atoms with Crippen LogP contribution in [0.25, 0.3) is 0 Å². The molecule has 0 radical (unpaired) electrons. The average Bonchev–Trinajstić information content (AvgIpc) is 2.29. The van der Waals surface area contributed by atoms with Crippen molar-refractivity contribution in [1.29, 1.82) is 0 Å². The molecule has 6 nitrogen and oxygen atoms in total. The van der Waals surface area contributed by atoms with Gasteiger partial charge in [-0.25, -0.2) is 4.79 Å². The molecule has 1 unspecified atom stereocenters. The molecule has 18 heavy (non-hydrogen) atoms. The molecule has 2 amide bonds. The van der Waals surface area contributed by atoms with Crippen LogP contribution in [-0.4, -0.2) is 56.7 Å². The Hall–Kier alpha value is -1.14. The van der Waals surface area contributed by atoms with Crippen LogP contribution >= 0.6 is 0 Å². The minimum absolute atomic E-state index is 0.218. The van der Waals surface area contributed by atoms with E-state index in [9.17, 15) is 9.59 Å². The molecule has 104 valence electrons. The van der Waals surface area contributed by atoms with Crippen molar-refractivity contribution in [2.24, 2.45) is 5.92 Å². The summed E-state index contributed by atoms with van der Waals surface area (Å²) in [5.74, 6) is 0.263. The van der Waals surface area contributed by atoms with Crippen LogP contribution in [0, 0.1) is 5.92 Å². The molecule has 0 aliphatic carbocycles. The second-order valence-electron chi connectivity index (χ2n) is 4.68. The number of hydrogen-bond donors (Lipinski definition) is 2. The quantitative estimate of drug-likeness (QED) is 0.736. The zero-order valence-corrected chi connectivity index (χ0v) is 11.2. The summed E-state index contributed by atoms with van der Waals surface area (Å²) in [5.41, 5.74) is 0. The van der Waals surface area contributed by atoms with Crippen molar-refractivity contribution in [2.75, 3.05) is 39.8 Å². The molecular formula is C12H23N3O3. The van der Waals surface area contributed by atoms with Crippen LogP contribution in [0.3, 0.4) is 0 Å². The lowest BCUT2D eigenvalue weighted by molar-refractivity contribution is -0.121. The van der Waals surface area contributed by atoms with Crippen LogP contribution in [0.5, 0.6) is 0 Å². The van der Waals surface area contributed by atoms with Gasteiger partial charge in [-0.15, -0.1) is 0 Å². The van der Waals surface area contributed by atoms with Crippen molar-refractivity contribution in [2.45, 2.75) is 19.8 Å². The van der Waals surface area contributed by atoms with E-state index < -0.39 is 6.09 Å². The molecule has 0 saturated carbocycles. The molecule has 6 heteroatoms. The Balaban J connectivity index is 2.19. The molecule has 2 N–H and O–H groups in total. The van der Waals surface area contributed by atoms with Gasteiger partial charge in [-0.3, -0.25) is 15.0 Å². The third-order valence-electron chi connectivity index (χ3n) is 2.90. The minimum Gasteiger partial charge on any atom is -0.450 e. The van der Waals surface area contributed by atoms with E-state index in [0.717, 1.165) is 19.6 Å². The van der Waals surface area contributed by atoms with Crippen molar-refractivity contribution >= 4 is 12.0 Å². The normalized spacial score (nSPS) is 19.6. The molecule has 1 atom stereocenters. The number of alkyl carbamates (subject to hydrolysis) is 1. The van der Waals surface area contributed by atoms with E-state index >= 15 is 0 Å². The second kappa shape index (κ2) is 8.05. The summed E-state index contributed by atoms with van der Waals surface area (Å²) >= 11 is 0. The summed E-state index contributed by atoms with van der Waals surface area (Å²) in [4.78, 5) is 24.5. The first-order valence-corrected chi connectivity index (χ1v) is 6.47. The number of rotatable bonds is 5. The number of ether oxygens (including phenoxy) is 1. The zero-order valence-electron chi connectivity index (χ0n) is 11.2. The van der Waals surface area contributed by atoms with E-state index in [4.69, 9.17) is 0 Å². The fourth-order valence-corrected chi connectivity index (χ4v) is 2.15. The fraction of sp³-hybridized carbons (Fsp3) is 0.833. The lowest BCUT2D eigenvalue weighted by atomic mass is 9.99. The number of nitrogens with zero attached hydrogens (tertiary/aromatic N) is 1. The van der Waals surface area contributed by atoms with Gasteiger partial charge in [0.15, 0.2) is 0 Å². The summed E-state index contributed by atoms with van der Waals surface area (Å²) in [6, 6.07) is 0. The largest absolute Gasteiger partial charge is 0.450 e. The number of likely N-dealkylation sites (N-methyl/N-ethyl adjacent to an activating group) is 1. The Kier molecular flexibility index (Phi) is 6.67. The van der Waals surface area contributed by atoms with Gasteiger partial charge >= 0.3 is 6.09 Å². The van der Waals surface area contributed by atoms with E-state index in [-0.39, 0.29) is 19.1 Å². The molecule has 1 rings (SSSR count). The highest BCUT2D eigenvalue weighted by Crippen LogP contribution is 2.10. The van der Waals surface area contributed by atoms with Crippen LogP contribution < -0.4 is 10.6 Å². The van der Waals surface area contributed by atoms with Crippen molar-refractivity contribution in [3.05, 3.63) is 0 Å². The molecule has 0 spiro atoms. The first kappa shape index (κ1) is 14.9. The van der Waals surface area contributed by atoms with E-state index in [0.29, 0.717) is 5.92 Å². The van der Waals surface area contributed by atoms with Crippen molar-refractivity contribution < 1.29 is 14.3 Å². The molecule has 0 aromatic carbocycles. The van der Waals surface area contributed by atoms with Crippen molar-refractivity contribution in [3.63, 3.8) is 0 Å². The summed E-state index contributed by atoms with van der Waals surface area (Å²) in [5, 5.41) is 5.53. The fourth-order valence-electron chi connectivity index (χ4n) is 2.15. The maximum Gasteiger partial charge on any atom is 0.413 e. The van der Waals surface area contributed by atoms with E-state index in [1.807, 2.05) is 11.9 Å². The monoisotopic (exact) mass is 257 g/mol. The maximum absolute atomic E-state index is 11.5. The number of hydrogen-bond acceptors (Lipinski definition) is 5. The average molecular weight is 257 g/mol. The number of carbonyl (C=O) groups is 2. The smallest absolute Gasteiger partial charge is 0.413 e. The Morgan fingerprint density at radius 3 is 2.89 bits per heavy atom. The number of carbonyl (C=O) groups excluding carboxylic acids is 2. The number of piperidine rings is 1. The molecule has 0 aromatic rings. The molecule has 1 heterocycles. The summed E-state index contributed by atoms with van der Waals surface area (Å²) < 4.78 is 4.64.